The van der Waals surface area contributed by atoms with Crippen LogP contribution in [0.2, 0.25) is 0 Å². The van der Waals surface area contributed by atoms with Crippen molar-refractivity contribution in [3.8, 4) is 5.75 Å². The molecule has 1 atom stereocenters. The number of methoxy groups -OCH3 is 1. The van der Waals surface area contributed by atoms with E-state index in [9.17, 15) is 18.4 Å². The van der Waals surface area contributed by atoms with Gasteiger partial charge in [0.15, 0.2) is 0 Å². The fourth-order valence-electron chi connectivity index (χ4n) is 3.93. The Labute approximate surface area is 188 Å². The minimum absolute atomic E-state index is 0.0375. The lowest BCUT2D eigenvalue weighted by molar-refractivity contribution is -0.134. The highest BCUT2D eigenvalue weighted by atomic mass is 32.2. The highest BCUT2D eigenvalue weighted by molar-refractivity contribution is 7.89. The van der Waals surface area contributed by atoms with Crippen LogP contribution in [0.3, 0.4) is 0 Å². The molecule has 9 heteroatoms. The number of hydrogen-bond donors (Lipinski definition) is 3. The number of hydroxylamine groups is 1. The van der Waals surface area contributed by atoms with Gasteiger partial charge in [0.05, 0.1) is 12.0 Å². The summed E-state index contributed by atoms with van der Waals surface area (Å²) in [6, 6.07) is 9.58. The average molecular weight is 460 g/mol. The number of nitrogens with zero attached hydrogens (tertiary/aromatic N) is 1. The van der Waals surface area contributed by atoms with E-state index < -0.39 is 27.9 Å². The molecule has 2 aromatic carbocycles. The van der Waals surface area contributed by atoms with Gasteiger partial charge in [0.25, 0.3) is 5.91 Å². The largest absolute Gasteiger partial charge is 0.496 e. The predicted molar refractivity (Wildman–Crippen MR) is 122 cm³/mol. The van der Waals surface area contributed by atoms with Crippen LogP contribution in [0.25, 0.3) is 10.9 Å². The Bertz CT molecular complexity index is 1230. The molecule has 0 fully saturated rings. The Hall–Kier alpha value is -2.88. The molecule has 1 heterocycles. The van der Waals surface area contributed by atoms with Crippen LogP contribution in [0, 0.1) is 19.8 Å². The normalized spacial score (nSPS) is 13.0. The van der Waals surface area contributed by atoms with E-state index in [1.807, 2.05) is 30.5 Å². The van der Waals surface area contributed by atoms with E-state index in [0.717, 1.165) is 20.8 Å². The topological polar surface area (TPSA) is 112 Å². The third-order valence-electron chi connectivity index (χ3n) is 5.56. The summed E-state index contributed by atoms with van der Waals surface area (Å²) in [5.41, 5.74) is 4.46. The minimum Gasteiger partial charge on any atom is -0.496 e. The molecule has 1 amide bonds. The highest BCUT2D eigenvalue weighted by Gasteiger charge is 2.39. The van der Waals surface area contributed by atoms with Gasteiger partial charge >= 0.3 is 0 Å². The number of nitrogens with one attached hydrogen (secondary N) is 2. The predicted octanol–water partition coefficient (Wildman–Crippen LogP) is 3.51. The van der Waals surface area contributed by atoms with Crippen molar-refractivity contribution in [3.05, 3.63) is 59.3 Å². The first kappa shape index (κ1) is 23.8. The smallest absolute Gasteiger partial charge is 0.262 e. The number of fused-ring (bicyclic) bond motifs is 1. The number of amides is 1. The lowest BCUT2D eigenvalue weighted by atomic mass is 10.0. The molecule has 0 unspecified atom stereocenters. The van der Waals surface area contributed by atoms with E-state index in [-0.39, 0.29) is 11.4 Å². The van der Waals surface area contributed by atoms with Crippen molar-refractivity contribution in [2.75, 3.05) is 7.11 Å². The van der Waals surface area contributed by atoms with Crippen molar-refractivity contribution in [2.24, 2.45) is 5.92 Å². The number of aryl methyl sites for hydroxylation is 2. The summed E-state index contributed by atoms with van der Waals surface area (Å²) < 4.78 is 34.3. The van der Waals surface area contributed by atoms with Crippen molar-refractivity contribution in [1.82, 2.24) is 14.8 Å². The SMILES string of the molecule is COc1cc(C)c(S(=O)(=O)N(Cc2ccc3[nH]ccc3c2)[C@@H](C(=O)NO)C(C)C)cc1C. The van der Waals surface area contributed by atoms with Crippen LogP contribution in [0.1, 0.15) is 30.5 Å². The van der Waals surface area contributed by atoms with Gasteiger partial charge in [-0.1, -0.05) is 19.9 Å². The van der Waals surface area contributed by atoms with Gasteiger partial charge < -0.3 is 9.72 Å². The number of benzene rings is 2. The van der Waals surface area contributed by atoms with Gasteiger partial charge in [-0.05, 0) is 72.2 Å². The van der Waals surface area contributed by atoms with E-state index >= 15 is 0 Å². The zero-order valence-electron chi connectivity index (χ0n) is 18.8. The highest BCUT2D eigenvalue weighted by Crippen LogP contribution is 2.31. The molecule has 0 saturated carbocycles. The summed E-state index contributed by atoms with van der Waals surface area (Å²) >= 11 is 0. The zero-order chi connectivity index (χ0) is 23.6. The molecule has 3 N–H and O–H groups in total. The number of rotatable bonds is 8. The second-order valence-electron chi connectivity index (χ2n) is 8.20. The molecule has 0 bridgehead atoms. The van der Waals surface area contributed by atoms with Gasteiger partial charge in [0.1, 0.15) is 11.8 Å². The van der Waals surface area contributed by atoms with Gasteiger partial charge in [0.2, 0.25) is 10.0 Å². The Balaban J connectivity index is 2.16. The number of ether oxygens (including phenoxy) is 1. The Morgan fingerprint density at radius 2 is 1.88 bits per heavy atom. The number of hydrogen-bond acceptors (Lipinski definition) is 5. The van der Waals surface area contributed by atoms with Crippen LogP contribution in [-0.2, 0) is 21.4 Å². The quantitative estimate of drug-likeness (QED) is 0.353. The molecule has 0 aliphatic carbocycles. The van der Waals surface area contributed by atoms with Gasteiger partial charge in [-0.2, -0.15) is 4.31 Å². The third-order valence-corrected chi connectivity index (χ3v) is 7.53. The maximum Gasteiger partial charge on any atom is 0.262 e. The van der Waals surface area contributed by atoms with Crippen molar-refractivity contribution < 1.29 is 23.2 Å². The lowest BCUT2D eigenvalue weighted by Crippen LogP contribution is -2.51. The lowest BCUT2D eigenvalue weighted by Gasteiger charge is -2.32. The summed E-state index contributed by atoms with van der Waals surface area (Å²) in [6.07, 6.45) is 1.81. The number of aromatic amines is 1. The summed E-state index contributed by atoms with van der Waals surface area (Å²) in [7, 11) is -2.59. The molecular weight excluding hydrogens is 430 g/mol. The summed E-state index contributed by atoms with van der Waals surface area (Å²) in [5, 5.41) is 10.3. The first-order valence-corrected chi connectivity index (χ1v) is 11.7. The van der Waals surface area contributed by atoms with Crippen molar-refractivity contribution in [1.29, 1.82) is 0 Å². The monoisotopic (exact) mass is 459 g/mol. The van der Waals surface area contributed by atoms with Crippen LogP contribution in [0.15, 0.2) is 47.5 Å². The molecule has 0 aliphatic rings. The van der Waals surface area contributed by atoms with Crippen molar-refractivity contribution in [3.63, 3.8) is 0 Å². The Morgan fingerprint density at radius 1 is 1.16 bits per heavy atom. The zero-order valence-corrected chi connectivity index (χ0v) is 19.7. The molecular formula is C23H29N3O5S. The number of aromatic nitrogens is 1. The molecule has 172 valence electrons. The molecule has 8 nitrogen and oxygen atoms in total. The molecule has 0 aliphatic heterocycles. The second kappa shape index (κ2) is 9.32. The van der Waals surface area contributed by atoms with Crippen LogP contribution in [-0.4, -0.2) is 42.0 Å². The molecule has 32 heavy (non-hydrogen) atoms. The van der Waals surface area contributed by atoms with Gasteiger partial charge in [0, 0.05) is 18.3 Å². The second-order valence-corrected chi connectivity index (χ2v) is 10.1. The van der Waals surface area contributed by atoms with Crippen molar-refractivity contribution >= 4 is 26.8 Å². The van der Waals surface area contributed by atoms with Crippen LogP contribution in [0.5, 0.6) is 5.75 Å². The summed E-state index contributed by atoms with van der Waals surface area (Å²) in [6.45, 7) is 6.90. The van der Waals surface area contributed by atoms with E-state index in [2.05, 4.69) is 4.98 Å². The van der Waals surface area contributed by atoms with E-state index in [0.29, 0.717) is 16.9 Å². The van der Waals surface area contributed by atoms with E-state index in [1.165, 1.54) is 7.11 Å². The van der Waals surface area contributed by atoms with Crippen LogP contribution >= 0.6 is 0 Å². The molecule has 1 aromatic heterocycles. The number of carbonyl (C=O) groups is 1. The van der Waals surface area contributed by atoms with E-state index in [4.69, 9.17) is 4.74 Å². The van der Waals surface area contributed by atoms with Gasteiger partial charge in [-0.25, -0.2) is 13.9 Å². The van der Waals surface area contributed by atoms with Crippen molar-refractivity contribution in [2.45, 2.75) is 45.2 Å². The van der Waals surface area contributed by atoms with Crippen LogP contribution < -0.4 is 10.2 Å². The number of carbonyl (C=O) groups excluding carboxylic acids is 1. The number of sulfonamides is 1. The Kier molecular flexibility index (Phi) is 6.92. The minimum atomic E-state index is -4.12. The first-order valence-electron chi connectivity index (χ1n) is 10.3. The van der Waals surface area contributed by atoms with Crippen LogP contribution in [0.4, 0.5) is 0 Å². The average Bonchev–Trinajstić information content (AvgIpc) is 3.21. The van der Waals surface area contributed by atoms with E-state index in [1.54, 1.807) is 45.3 Å². The molecule has 0 saturated heterocycles. The maximum atomic E-state index is 13.9. The van der Waals surface area contributed by atoms with Gasteiger partial charge in [-0.3, -0.25) is 10.0 Å². The fourth-order valence-corrected chi connectivity index (χ4v) is 5.93. The molecule has 0 radical (unpaired) electrons. The Morgan fingerprint density at radius 3 is 2.50 bits per heavy atom. The molecule has 0 spiro atoms. The summed E-state index contributed by atoms with van der Waals surface area (Å²) in [5.74, 6) is -0.596. The molecule has 3 rings (SSSR count). The fraction of sp³-hybridized carbons (Fsp3) is 0.348. The maximum absolute atomic E-state index is 13.9. The molecule has 3 aromatic rings. The third kappa shape index (κ3) is 4.50. The number of H-pyrrole nitrogens is 1. The standard InChI is InChI=1S/C23H29N3O5S/c1-14(2)22(23(27)25-28)26(13-17-6-7-19-18(12-17)8-9-24-19)32(29,30)21-11-15(3)20(31-5)10-16(21)4/h6-12,14,22,24,28H,13H2,1-5H3,(H,25,27)/t22-/m1/s1. The summed E-state index contributed by atoms with van der Waals surface area (Å²) in [4.78, 5) is 15.8. The van der Waals surface area contributed by atoms with Gasteiger partial charge in [-0.15, -0.1) is 0 Å². The first-order chi connectivity index (χ1) is 15.1.